The maximum atomic E-state index is 13.4. The van der Waals surface area contributed by atoms with Crippen molar-refractivity contribution >= 4 is 17.0 Å². The van der Waals surface area contributed by atoms with Gasteiger partial charge in [-0.2, -0.15) is 0 Å². The van der Waals surface area contributed by atoms with Crippen LogP contribution in [0.4, 0.5) is 4.39 Å². The quantitative estimate of drug-likeness (QED) is 0.831. The summed E-state index contributed by atoms with van der Waals surface area (Å²) in [7, 11) is 0. The molecule has 0 radical (unpaired) electrons. The maximum absolute atomic E-state index is 13.4. The van der Waals surface area contributed by atoms with Crippen molar-refractivity contribution in [1.82, 2.24) is 14.9 Å². The zero-order chi connectivity index (χ0) is 18.8. The molecule has 1 saturated carbocycles. The minimum absolute atomic E-state index is 0.173. The molecule has 1 aromatic heterocycles. The highest BCUT2D eigenvalue weighted by Crippen LogP contribution is 2.33. The van der Waals surface area contributed by atoms with Crippen LogP contribution in [0.5, 0.6) is 0 Å². The molecule has 1 aliphatic carbocycles. The molecular formula is C21H28FN3O2. The summed E-state index contributed by atoms with van der Waals surface area (Å²) in [5.74, 6) is 0.279. The highest BCUT2D eigenvalue weighted by molar-refractivity contribution is 5.74. The van der Waals surface area contributed by atoms with Gasteiger partial charge in [-0.3, -0.25) is 4.79 Å². The van der Waals surface area contributed by atoms with E-state index in [1.807, 2.05) is 0 Å². The van der Waals surface area contributed by atoms with Crippen LogP contribution >= 0.6 is 0 Å². The minimum atomic E-state index is -0.720. The van der Waals surface area contributed by atoms with Crippen LogP contribution in [0.25, 0.3) is 11.0 Å². The molecule has 2 aromatic rings. The van der Waals surface area contributed by atoms with Gasteiger partial charge in [-0.05, 0) is 55.8 Å². The average Bonchev–Trinajstić information content (AvgIpc) is 3.05. The molecule has 2 N–H and O–H groups in total. The highest BCUT2D eigenvalue weighted by atomic mass is 19.1. The minimum Gasteiger partial charge on any atom is -0.481 e. The third kappa shape index (κ3) is 4.32. The van der Waals surface area contributed by atoms with Crippen LogP contribution in [0.3, 0.4) is 0 Å². The Bertz CT molecular complexity index is 800. The first-order valence-corrected chi connectivity index (χ1v) is 10.2. The number of halogens is 1. The lowest BCUT2D eigenvalue weighted by Crippen LogP contribution is -2.47. The molecule has 6 heteroatoms. The van der Waals surface area contributed by atoms with E-state index in [0.717, 1.165) is 37.3 Å². The molecule has 1 saturated heterocycles. The van der Waals surface area contributed by atoms with Crippen molar-refractivity contribution in [1.29, 1.82) is 0 Å². The number of benzene rings is 1. The van der Waals surface area contributed by atoms with E-state index in [4.69, 9.17) is 0 Å². The van der Waals surface area contributed by atoms with E-state index in [1.54, 1.807) is 6.07 Å². The van der Waals surface area contributed by atoms with Crippen LogP contribution in [-0.4, -0.2) is 45.1 Å². The largest absolute Gasteiger partial charge is 0.481 e. The number of nitrogens with one attached hydrogen (secondary N) is 1. The zero-order valence-electron chi connectivity index (χ0n) is 15.7. The number of carboxylic acids is 1. The monoisotopic (exact) mass is 373 g/mol. The lowest BCUT2D eigenvalue weighted by Gasteiger charge is -2.43. The molecule has 2 unspecified atom stereocenters. The maximum Gasteiger partial charge on any atom is 0.303 e. The fraction of sp³-hybridized carbons (Fsp3) is 0.619. The number of piperidine rings is 1. The second kappa shape index (κ2) is 7.97. The Labute approximate surface area is 159 Å². The first-order valence-electron chi connectivity index (χ1n) is 10.2. The third-order valence-electron chi connectivity index (χ3n) is 6.40. The number of aliphatic carboxylic acids is 1. The number of carboxylic acid groups (broad SMARTS) is 1. The number of hydrogen-bond acceptors (Lipinski definition) is 3. The van der Waals surface area contributed by atoms with Gasteiger partial charge >= 0.3 is 5.97 Å². The van der Waals surface area contributed by atoms with E-state index < -0.39 is 5.97 Å². The Balaban J connectivity index is 1.51. The van der Waals surface area contributed by atoms with E-state index >= 15 is 0 Å². The van der Waals surface area contributed by atoms with Crippen LogP contribution in [-0.2, 0) is 11.2 Å². The second-order valence-corrected chi connectivity index (χ2v) is 8.24. The third-order valence-corrected chi connectivity index (χ3v) is 6.40. The molecule has 1 aliphatic heterocycles. The van der Waals surface area contributed by atoms with Crippen molar-refractivity contribution in [2.75, 3.05) is 13.1 Å². The van der Waals surface area contributed by atoms with Gasteiger partial charge in [-0.15, -0.1) is 0 Å². The summed E-state index contributed by atoms with van der Waals surface area (Å²) >= 11 is 0. The van der Waals surface area contributed by atoms with E-state index in [1.165, 1.54) is 44.2 Å². The van der Waals surface area contributed by atoms with Crippen molar-refractivity contribution in [3.63, 3.8) is 0 Å². The number of carbonyl (C=O) groups is 1. The Morgan fingerprint density at radius 1 is 1.22 bits per heavy atom. The first-order chi connectivity index (χ1) is 13.1. The van der Waals surface area contributed by atoms with Gasteiger partial charge in [-0.1, -0.05) is 19.3 Å². The number of aromatic amines is 1. The first kappa shape index (κ1) is 18.4. The number of imidazole rings is 1. The fourth-order valence-electron chi connectivity index (χ4n) is 4.99. The second-order valence-electron chi connectivity index (χ2n) is 8.24. The summed E-state index contributed by atoms with van der Waals surface area (Å²) in [4.78, 5) is 21.8. The fourth-order valence-corrected chi connectivity index (χ4v) is 4.99. The van der Waals surface area contributed by atoms with Crippen LogP contribution in [0, 0.1) is 17.7 Å². The average molecular weight is 373 g/mol. The number of nitrogens with zero attached hydrogens (tertiary/aromatic N) is 2. The standard InChI is InChI=1S/C21H28FN3O2/c22-16-6-7-18-19(12-16)24-20(23-18)10-15-13-25(17-4-2-1-3-5-17)9-8-14(15)11-21(26)27/h6-7,12,14-15,17H,1-5,8-11,13H2,(H,23,24)(H,26,27). The number of H-pyrrole nitrogens is 1. The van der Waals surface area contributed by atoms with Gasteiger partial charge in [-0.25, -0.2) is 9.37 Å². The Morgan fingerprint density at radius 2 is 2.04 bits per heavy atom. The summed E-state index contributed by atoms with van der Waals surface area (Å²) < 4.78 is 13.4. The Morgan fingerprint density at radius 3 is 2.81 bits per heavy atom. The molecule has 1 aromatic carbocycles. The van der Waals surface area contributed by atoms with Crippen LogP contribution < -0.4 is 0 Å². The molecule has 2 heterocycles. The highest BCUT2D eigenvalue weighted by Gasteiger charge is 2.34. The smallest absolute Gasteiger partial charge is 0.303 e. The molecule has 4 rings (SSSR count). The van der Waals surface area contributed by atoms with Gasteiger partial charge in [0.25, 0.3) is 0 Å². The van der Waals surface area contributed by atoms with E-state index in [9.17, 15) is 14.3 Å². The number of rotatable bonds is 5. The van der Waals surface area contributed by atoms with Crippen molar-refractivity contribution in [2.24, 2.45) is 11.8 Å². The van der Waals surface area contributed by atoms with E-state index in [-0.39, 0.29) is 24.1 Å². The predicted octanol–water partition coefficient (Wildman–Crippen LogP) is 3.99. The molecule has 0 amide bonds. The lowest BCUT2D eigenvalue weighted by molar-refractivity contribution is -0.139. The van der Waals surface area contributed by atoms with E-state index in [0.29, 0.717) is 11.6 Å². The summed E-state index contributed by atoms with van der Waals surface area (Å²) in [6.07, 6.45) is 8.35. The molecule has 2 aliphatic rings. The normalized spacial score (nSPS) is 25.1. The molecule has 0 bridgehead atoms. The lowest BCUT2D eigenvalue weighted by atomic mass is 9.79. The van der Waals surface area contributed by atoms with Crippen molar-refractivity contribution in [2.45, 2.75) is 57.4 Å². The van der Waals surface area contributed by atoms with Crippen LogP contribution in [0.15, 0.2) is 18.2 Å². The number of fused-ring (bicyclic) bond motifs is 1. The van der Waals surface area contributed by atoms with Crippen molar-refractivity contribution in [3.05, 3.63) is 29.8 Å². The van der Waals surface area contributed by atoms with Crippen molar-refractivity contribution in [3.8, 4) is 0 Å². The van der Waals surface area contributed by atoms with Gasteiger partial charge in [0.15, 0.2) is 0 Å². The Hall–Kier alpha value is -1.95. The topological polar surface area (TPSA) is 69.2 Å². The van der Waals surface area contributed by atoms with Crippen LogP contribution in [0.2, 0.25) is 0 Å². The molecule has 2 fully saturated rings. The van der Waals surface area contributed by atoms with Gasteiger partial charge < -0.3 is 15.0 Å². The summed E-state index contributed by atoms with van der Waals surface area (Å²) in [6, 6.07) is 5.23. The number of likely N-dealkylation sites (tertiary alicyclic amines) is 1. The molecule has 5 nitrogen and oxygen atoms in total. The summed E-state index contributed by atoms with van der Waals surface area (Å²) in [5.41, 5.74) is 1.47. The molecule has 2 atom stereocenters. The summed E-state index contributed by atoms with van der Waals surface area (Å²) in [6.45, 7) is 1.94. The molecular weight excluding hydrogens is 345 g/mol. The molecule has 146 valence electrons. The van der Waals surface area contributed by atoms with Gasteiger partial charge in [0.2, 0.25) is 0 Å². The van der Waals surface area contributed by atoms with Gasteiger partial charge in [0.05, 0.1) is 11.0 Å². The number of hydrogen-bond donors (Lipinski definition) is 2. The molecule has 0 spiro atoms. The predicted molar refractivity (Wildman–Crippen MR) is 102 cm³/mol. The summed E-state index contributed by atoms with van der Waals surface area (Å²) in [5, 5.41) is 9.33. The van der Waals surface area contributed by atoms with Crippen LogP contribution in [0.1, 0.15) is 50.8 Å². The van der Waals surface area contributed by atoms with E-state index in [2.05, 4.69) is 14.9 Å². The van der Waals surface area contributed by atoms with Crippen molar-refractivity contribution < 1.29 is 14.3 Å². The zero-order valence-corrected chi connectivity index (χ0v) is 15.7. The van der Waals surface area contributed by atoms with Gasteiger partial charge in [0, 0.05) is 25.4 Å². The number of aromatic nitrogens is 2. The van der Waals surface area contributed by atoms with Gasteiger partial charge in [0.1, 0.15) is 11.6 Å². The molecule has 27 heavy (non-hydrogen) atoms. The SMILES string of the molecule is O=C(O)CC1CCN(C2CCCCC2)CC1Cc1nc2ccc(F)cc2[nH]1. The Kier molecular flexibility index (Phi) is 5.43.